The molecule has 1 aromatic rings. The number of amides is 1. The highest BCUT2D eigenvalue weighted by atomic mass is 19.1. The summed E-state index contributed by atoms with van der Waals surface area (Å²) in [5, 5.41) is 26.0. The minimum Gasteiger partial charge on any atom is -0.479 e. The molecule has 0 unspecified atom stereocenters. The van der Waals surface area contributed by atoms with Crippen LogP contribution in [0.2, 0.25) is 0 Å². The first kappa shape index (κ1) is 31.2. The summed E-state index contributed by atoms with van der Waals surface area (Å²) in [6.07, 6.45) is 3.44. The number of Topliss-reactive ketones (excluding diaryl/α,β-unsaturated/α-hetero) is 1. The zero-order valence-electron chi connectivity index (χ0n) is 25.3. The third kappa shape index (κ3) is 4.68. The molecule has 5 rings (SSSR count). The first-order valence-electron chi connectivity index (χ1n) is 14.8. The highest BCUT2D eigenvalue weighted by Crippen LogP contribution is 2.68. The molecule has 43 heavy (non-hydrogen) atoms. The Morgan fingerprint density at radius 2 is 2.00 bits per heavy atom. The van der Waals surface area contributed by atoms with Gasteiger partial charge in [-0.1, -0.05) is 33.8 Å². The SMILES string of the molecule is C=C[C@]1(C)C[C@@H](OC(=O)COc2ccc3c(c2F)B(O)N(C(=O)OC)N=C3)[C@@]2(C)[C@@H]3C(=O)CC[C@@]3(CC[C@@H]2C)[C@@H](C)[C@@H]1O. The van der Waals surface area contributed by atoms with Gasteiger partial charge >= 0.3 is 19.1 Å². The maximum Gasteiger partial charge on any atom is 0.481 e. The van der Waals surface area contributed by atoms with Crippen LogP contribution in [-0.4, -0.2) is 72.1 Å². The molecule has 10 nitrogen and oxygen atoms in total. The van der Waals surface area contributed by atoms with E-state index in [1.165, 1.54) is 18.3 Å². The number of rotatable bonds is 5. The van der Waals surface area contributed by atoms with Crippen LogP contribution in [0.3, 0.4) is 0 Å². The molecule has 3 fully saturated rings. The second kappa shape index (κ2) is 11.0. The second-order valence-electron chi connectivity index (χ2n) is 13.2. The number of esters is 1. The van der Waals surface area contributed by atoms with Crippen LogP contribution in [0.4, 0.5) is 9.18 Å². The Balaban J connectivity index is 1.41. The zero-order valence-corrected chi connectivity index (χ0v) is 25.3. The van der Waals surface area contributed by atoms with Gasteiger partial charge in [-0.25, -0.2) is 18.9 Å². The van der Waals surface area contributed by atoms with E-state index in [2.05, 4.69) is 23.3 Å². The number of halogens is 1. The fourth-order valence-electron chi connectivity index (χ4n) is 8.46. The number of hydrogen-bond donors (Lipinski definition) is 2. The van der Waals surface area contributed by atoms with Crippen molar-refractivity contribution in [3.8, 4) is 5.75 Å². The van der Waals surface area contributed by atoms with Crippen LogP contribution >= 0.6 is 0 Å². The van der Waals surface area contributed by atoms with Gasteiger partial charge in [0.15, 0.2) is 18.2 Å². The first-order chi connectivity index (χ1) is 20.2. The number of hydrazone groups is 1. The Labute approximate surface area is 251 Å². The Bertz CT molecular complexity index is 1370. The van der Waals surface area contributed by atoms with Crippen molar-refractivity contribution in [2.24, 2.45) is 39.1 Å². The summed E-state index contributed by atoms with van der Waals surface area (Å²) in [6, 6.07) is 2.75. The molecule has 1 aromatic carbocycles. The van der Waals surface area contributed by atoms with Gasteiger partial charge in [0.25, 0.3) is 0 Å². The fraction of sp³-hybridized carbons (Fsp3) is 0.613. The number of aliphatic hydroxyl groups is 1. The predicted octanol–water partition coefficient (Wildman–Crippen LogP) is 3.21. The molecule has 2 bridgehead atoms. The smallest absolute Gasteiger partial charge is 0.479 e. The first-order valence-corrected chi connectivity index (χ1v) is 14.8. The number of ketones is 1. The van der Waals surface area contributed by atoms with Crippen LogP contribution in [0.1, 0.15) is 65.4 Å². The lowest BCUT2D eigenvalue weighted by atomic mass is 9.44. The molecular formula is C31H40BFN2O8. The van der Waals surface area contributed by atoms with Gasteiger partial charge in [0, 0.05) is 28.6 Å². The van der Waals surface area contributed by atoms with E-state index >= 15 is 4.39 Å². The van der Waals surface area contributed by atoms with E-state index in [-0.39, 0.29) is 46.7 Å². The Kier molecular flexibility index (Phi) is 8.00. The average Bonchev–Trinajstić information content (AvgIpc) is 3.34. The summed E-state index contributed by atoms with van der Waals surface area (Å²) in [7, 11) is -0.659. The standard InChI is InChI=1S/C31H40BFN2O8/c1-7-29(4)14-22(30(5)17(2)10-12-31(18(3)27(29)38)13-11-20(36)26(30)31)43-23(37)16-42-21-9-8-19-15-34-35(28(39)41-6)32(40)24(19)25(21)33/h7-9,15,17-18,22,26-27,38,40H,1,10-14,16H2,2-6H3/t17-,18-,22+,26-,27-,29+,30-,31-/m0/s1. The molecule has 8 atom stereocenters. The van der Waals surface area contributed by atoms with Crippen molar-refractivity contribution < 1.29 is 43.1 Å². The van der Waals surface area contributed by atoms with Crippen LogP contribution in [0, 0.1) is 39.8 Å². The van der Waals surface area contributed by atoms with Crippen LogP contribution in [-0.2, 0) is 19.1 Å². The van der Waals surface area contributed by atoms with Crippen LogP contribution in [0.5, 0.6) is 5.75 Å². The normalized spacial score (nSPS) is 36.7. The highest BCUT2D eigenvalue weighted by Gasteiger charge is 2.68. The van der Waals surface area contributed by atoms with E-state index < -0.39 is 60.0 Å². The van der Waals surface area contributed by atoms with Crippen LogP contribution < -0.4 is 10.2 Å². The summed E-state index contributed by atoms with van der Waals surface area (Å²) in [4.78, 5) is 39.4. The molecule has 2 N–H and O–H groups in total. The van der Waals surface area contributed by atoms with Gasteiger partial charge in [-0.3, -0.25) is 4.79 Å². The lowest BCUT2D eigenvalue weighted by molar-refractivity contribution is -0.207. The summed E-state index contributed by atoms with van der Waals surface area (Å²) in [6.45, 7) is 11.4. The van der Waals surface area contributed by atoms with Crippen molar-refractivity contribution in [1.29, 1.82) is 0 Å². The van der Waals surface area contributed by atoms with Gasteiger partial charge in [-0.05, 0) is 60.6 Å². The minimum atomic E-state index is -1.76. The molecule has 0 aromatic heterocycles. The summed E-state index contributed by atoms with van der Waals surface area (Å²) < 4.78 is 31.8. The number of hydrogen-bond acceptors (Lipinski definition) is 9. The number of benzene rings is 1. The molecular weight excluding hydrogens is 558 g/mol. The van der Waals surface area contributed by atoms with Gasteiger partial charge in [-0.15, -0.1) is 6.58 Å². The Morgan fingerprint density at radius 3 is 2.67 bits per heavy atom. The number of nitrogens with zero attached hydrogens (tertiary/aromatic N) is 2. The van der Waals surface area contributed by atoms with E-state index in [9.17, 15) is 24.5 Å². The van der Waals surface area contributed by atoms with E-state index in [1.54, 1.807) is 6.08 Å². The molecule has 12 heteroatoms. The molecule has 1 amide bonds. The van der Waals surface area contributed by atoms with Gasteiger partial charge in [0.1, 0.15) is 11.9 Å². The zero-order chi connectivity index (χ0) is 31.5. The Morgan fingerprint density at radius 1 is 1.28 bits per heavy atom. The number of aliphatic hydroxyl groups excluding tert-OH is 1. The topological polar surface area (TPSA) is 135 Å². The van der Waals surface area contributed by atoms with Crippen LogP contribution in [0.25, 0.3) is 0 Å². The predicted molar refractivity (Wildman–Crippen MR) is 156 cm³/mol. The quantitative estimate of drug-likeness (QED) is 0.300. The fourth-order valence-corrected chi connectivity index (χ4v) is 8.46. The number of methoxy groups -OCH3 is 1. The summed E-state index contributed by atoms with van der Waals surface area (Å²) in [5.74, 6) is -2.37. The average molecular weight is 598 g/mol. The monoisotopic (exact) mass is 598 g/mol. The molecule has 3 saturated carbocycles. The molecule has 1 aliphatic heterocycles. The third-order valence-corrected chi connectivity index (χ3v) is 11.3. The summed E-state index contributed by atoms with van der Waals surface area (Å²) in [5.41, 5.74) is -1.91. The summed E-state index contributed by atoms with van der Waals surface area (Å²) >= 11 is 0. The molecule has 4 aliphatic rings. The largest absolute Gasteiger partial charge is 0.481 e. The minimum absolute atomic E-state index is 0.0573. The van der Waals surface area contributed by atoms with E-state index in [0.717, 1.165) is 20.0 Å². The second-order valence-corrected chi connectivity index (χ2v) is 13.2. The molecule has 0 spiro atoms. The van der Waals surface area contributed by atoms with Crippen molar-refractivity contribution >= 4 is 36.6 Å². The molecule has 1 heterocycles. The van der Waals surface area contributed by atoms with Crippen molar-refractivity contribution in [2.75, 3.05) is 13.7 Å². The van der Waals surface area contributed by atoms with Crippen molar-refractivity contribution in [1.82, 2.24) is 4.92 Å². The lowest BCUT2D eigenvalue weighted by Gasteiger charge is -2.61. The Hall–Kier alpha value is -3.25. The molecule has 0 saturated heterocycles. The number of carbonyl (C=O) groups excluding carboxylic acids is 3. The maximum absolute atomic E-state index is 15.5. The van der Waals surface area contributed by atoms with Gasteiger partial charge < -0.3 is 24.3 Å². The van der Waals surface area contributed by atoms with Gasteiger partial charge in [-0.2, -0.15) is 5.10 Å². The van der Waals surface area contributed by atoms with Gasteiger partial charge in [0.05, 0.1) is 19.4 Å². The van der Waals surface area contributed by atoms with E-state index in [0.29, 0.717) is 17.8 Å². The number of ether oxygens (including phenoxy) is 3. The van der Waals surface area contributed by atoms with Crippen molar-refractivity contribution in [3.63, 3.8) is 0 Å². The van der Waals surface area contributed by atoms with E-state index in [4.69, 9.17) is 9.47 Å². The lowest BCUT2D eigenvalue weighted by Crippen LogP contribution is -2.63. The highest BCUT2D eigenvalue weighted by molar-refractivity contribution is 6.67. The van der Waals surface area contributed by atoms with Crippen LogP contribution in [0.15, 0.2) is 29.9 Å². The van der Waals surface area contributed by atoms with Gasteiger partial charge in [0.2, 0.25) is 0 Å². The molecule has 3 aliphatic carbocycles. The molecule has 232 valence electrons. The third-order valence-electron chi connectivity index (χ3n) is 11.3. The molecule has 0 radical (unpaired) electrons. The number of fused-ring (bicyclic) bond motifs is 1. The number of carbonyl (C=O) groups is 3. The van der Waals surface area contributed by atoms with Crippen molar-refractivity contribution in [3.05, 3.63) is 36.2 Å². The van der Waals surface area contributed by atoms with Crippen molar-refractivity contribution in [2.45, 2.75) is 72.0 Å². The maximum atomic E-state index is 15.5. The van der Waals surface area contributed by atoms with E-state index in [1.807, 2.05) is 20.8 Å².